The van der Waals surface area contributed by atoms with Crippen molar-refractivity contribution >= 4 is 17.5 Å². The van der Waals surface area contributed by atoms with Crippen LogP contribution in [0, 0.1) is 22.2 Å². The number of nitrogens with zero attached hydrogens (tertiary/aromatic N) is 3. The molecule has 4 bridgehead atoms. The normalized spacial score (nSPS) is 39.0. The van der Waals surface area contributed by atoms with Gasteiger partial charge in [-0.3, -0.25) is 9.48 Å². The highest BCUT2D eigenvalue weighted by molar-refractivity contribution is 6.31. The standard InChI is InChI=1S/C20H30ClN3O/c1-5-24-16(15(21)9-22-24)10-23(4)17(25)20-8-14-6-18(2,12-20)11-19(3,7-14)13-20/h9,14H,5-8,10-13H2,1-4H3. The Morgan fingerprint density at radius 1 is 1.28 bits per heavy atom. The van der Waals surface area contributed by atoms with E-state index >= 15 is 0 Å². The molecule has 0 N–H and O–H groups in total. The fourth-order valence-corrected chi connectivity index (χ4v) is 7.41. The quantitative estimate of drug-likeness (QED) is 0.789. The molecule has 138 valence electrons. The van der Waals surface area contributed by atoms with Gasteiger partial charge in [-0.25, -0.2) is 0 Å². The highest BCUT2D eigenvalue weighted by Gasteiger charge is 2.63. The van der Waals surface area contributed by atoms with Crippen molar-refractivity contribution in [2.75, 3.05) is 7.05 Å². The van der Waals surface area contributed by atoms with Crippen LogP contribution in [-0.2, 0) is 17.9 Å². The summed E-state index contributed by atoms with van der Waals surface area (Å²) >= 11 is 6.31. The fraction of sp³-hybridized carbons (Fsp3) is 0.800. The number of aryl methyl sites for hydroxylation is 1. The topological polar surface area (TPSA) is 38.1 Å². The summed E-state index contributed by atoms with van der Waals surface area (Å²) in [6, 6.07) is 0. The first kappa shape index (κ1) is 17.4. The number of hydrogen-bond donors (Lipinski definition) is 0. The second kappa shape index (κ2) is 5.48. The van der Waals surface area contributed by atoms with Crippen LogP contribution in [0.1, 0.15) is 65.0 Å². The Hall–Kier alpha value is -1.03. The molecular weight excluding hydrogens is 334 g/mol. The Kier molecular flexibility index (Phi) is 3.81. The van der Waals surface area contributed by atoms with Gasteiger partial charge in [-0.1, -0.05) is 25.4 Å². The Balaban J connectivity index is 1.59. The van der Waals surface area contributed by atoms with Crippen molar-refractivity contribution in [1.82, 2.24) is 14.7 Å². The smallest absolute Gasteiger partial charge is 0.228 e. The number of amides is 1. The summed E-state index contributed by atoms with van der Waals surface area (Å²) in [7, 11) is 1.94. The van der Waals surface area contributed by atoms with Crippen LogP contribution in [0.4, 0.5) is 0 Å². The van der Waals surface area contributed by atoms with Crippen molar-refractivity contribution in [1.29, 1.82) is 0 Å². The SMILES string of the molecule is CCn1ncc(Cl)c1CN(C)C(=O)C12CC3CC(C)(CC(C)(C3)C1)C2. The summed E-state index contributed by atoms with van der Waals surface area (Å²) in [5, 5.41) is 4.97. The summed E-state index contributed by atoms with van der Waals surface area (Å²) in [6.07, 6.45) is 8.83. The molecule has 1 heterocycles. The molecule has 4 fully saturated rings. The van der Waals surface area contributed by atoms with E-state index in [0.717, 1.165) is 37.4 Å². The first-order valence-electron chi connectivity index (χ1n) is 9.63. The van der Waals surface area contributed by atoms with E-state index in [2.05, 4.69) is 25.9 Å². The van der Waals surface area contributed by atoms with E-state index in [-0.39, 0.29) is 5.41 Å². The fourth-order valence-electron chi connectivity index (χ4n) is 7.21. The van der Waals surface area contributed by atoms with E-state index in [1.807, 2.05) is 16.6 Å². The molecule has 1 aromatic rings. The monoisotopic (exact) mass is 363 g/mol. The van der Waals surface area contributed by atoms with Gasteiger partial charge in [0, 0.05) is 13.6 Å². The molecule has 4 nitrogen and oxygen atoms in total. The number of halogens is 1. The van der Waals surface area contributed by atoms with Gasteiger partial charge in [-0.2, -0.15) is 5.10 Å². The Bertz CT molecular complexity index is 694. The summed E-state index contributed by atoms with van der Waals surface area (Å²) in [6.45, 7) is 8.20. The molecule has 1 aromatic heterocycles. The van der Waals surface area contributed by atoms with E-state index in [1.165, 1.54) is 19.3 Å². The Morgan fingerprint density at radius 3 is 2.48 bits per heavy atom. The first-order chi connectivity index (χ1) is 11.7. The lowest BCUT2D eigenvalue weighted by Crippen LogP contribution is -2.59. The van der Waals surface area contributed by atoms with Gasteiger partial charge in [0.2, 0.25) is 5.91 Å². The first-order valence-corrected chi connectivity index (χ1v) is 10.0. The molecule has 5 rings (SSSR count). The zero-order valence-electron chi connectivity index (χ0n) is 15.9. The lowest BCUT2D eigenvalue weighted by molar-refractivity contribution is -0.178. The zero-order valence-corrected chi connectivity index (χ0v) is 16.7. The number of aromatic nitrogens is 2. The summed E-state index contributed by atoms with van der Waals surface area (Å²) in [5.74, 6) is 1.06. The van der Waals surface area contributed by atoms with Gasteiger partial charge >= 0.3 is 0 Å². The highest BCUT2D eigenvalue weighted by Crippen LogP contribution is 2.69. The molecule has 0 spiro atoms. The van der Waals surface area contributed by atoms with Crippen molar-refractivity contribution in [3.05, 3.63) is 16.9 Å². The molecule has 0 radical (unpaired) electrons. The van der Waals surface area contributed by atoms with Gasteiger partial charge in [0.25, 0.3) is 0 Å². The molecule has 0 aromatic carbocycles. The lowest BCUT2D eigenvalue weighted by atomic mass is 9.40. The van der Waals surface area contributed by atoms with Crippen LogP contribution in [0.3, 0.4) is 0 Å². The van der Waals surface area contributed by atoms with E-state index < -0.39 is 0 Å². The van der Waals surface area contributed by atoms with Gasteiger partial charge in [0.05, 0.1) is 28.9 Å². The second-order valence-electron chi connectivity index (χ2n) is 9.83. The maximum absolute atomic E-state index is 13.6. The van der Waals surface area contributed by atoms with Crippen LogP contribution >= 0.6 is 11.6 Å². The van der Waals surface area contributed by atoms with Crippen LogP contribution in [0.25, 0.3) is 0 Å². The van der Waals surface area contributed by atoms with Gasteiger partial charge in [0.1, 0.15) is 0 Å². The largest absolute Gasteiger partial charge is 0.339 e. The molecule has 0 saturated heterocycles. The molecule has 4 saturated carbocycles. The average molecular weight is 364 g/mol. The summed E-state index contributed by atoms with van der Waals surface area (Å²) in [4.78, 5) is 15.5. The molecule has 25 heavy (non-hydrogen) atoms. The van der Waals surface area contributed by atoms with E-state index in [9.17, 15) is 4.79 Å². The predicted molar refractivity (Wildman–Crippen MR) is 99.2 cm³/mol. The van der Waals surface area contributed by atoms with Gasteiger partial charge in [-0.15, -0.1) is 0 Å². The summed E-state index contributed by atoms with van der Waals surface area (Å²) < 4.78 is 1.90. The predicted octanol–water partition coefficient (Wildman–Crippen LogP) is 4.51. The molecule has 5 heteroatoms. The molecular formula is C20H30ClN3O. The third-order valence-electron chi connectivity index (χ3n) is 7.01. The van der Waals surface area contributed by atoms with Crippen molar-refractivity contribution < 1.29 is 4.79 Å². The summed E-state index contributed by atoms with van der Waals surface area (Å²) in [5.41, 5.74) is 1.50. The number of carbonyl (C=O) groups is 1. The number of carbonyl (C=O) groups excluding carboxylic acids is 1. The van der Waals surface area contributed by atoms with Crippen LogP contribution < -0.4 is 0 Å². The zero-order chi connectivity index (χ0) is 18.0. The number of hydrogen-bond acceptors (Lipinski definition) is 2. The third kappa shape index (κ3) is 2.72. The molecule has 0 aliphatic heterocycles. The molecule has 4 aliphatic rings. The maximum atomic E-state index is 13.6. The van der Waals surface area contributed by atoms with Gasteiger partial charge in [0.15, 0.2) is 0 Å². The molecule has 2 unspecified atom stereocenters. The minimum absolute atomic E-state index is 0.152. The molecule has 4 aliphatic carbocycles. The van der Waals surface area contributed by atoms with Crippen molar-refractivity contribution in [2.45, 2.75) is 72.4 Å². The van der Waals surface area contributed by atoms with E-state index in [1.54, 1.807) is 6.20 Å². The van der Waals surface area contributed by atoms with Crippen LogP contribution in [-0.4, -0.2) is 27.6 Å². The molecule has 2 atom stereocenters. The minimum atomic E-state index is -0.152. The Morgan fingerprint density at radius 2 is 1.92 bits per heavy atom. The van der Waals surface area contributed by atoms with Crippen molar-refractivity contribution in [3.8, 4) is 0 Å². The van der Waals surface area contributed by atoms with E-state index in [0.29, 0.717) is 28.3 Å². The number of rotatable bonds is 4. The van der Waals surface area contributed by atoms with Crippen molar-refractivity contribution in [2.24, 2.45) is 22.2 Å². The highest BCUT2D eigenvalue weighted by atomic mass is 35.5. The lowest BCUT2D eigenvalue weighted by Gasteiger charge is -2.65. The molecule has 1 amide bonds. The van der Waals surface area contributed by atoms with Crippen LogP contribution in [0.5, 0.6) is 0 Å². The van der Waals surface area contributed by atoms with Crippen LogP contribution in [0.15, 0.2) is 6.20 Å². The van der Waals surface area contributed by atoms with Gasteiger partial charge < -0.3 is 4.90 Å². The van der Waals surface area contributed by atoms with E-state index in [4.69, 9.17) is 11.6 Å². The third-order valence-corrected chi connectivity index (χ3v) is 7.33. The van der Waals surface area contributed by atoms with Gasteiger partial charge in [-0.05, 0) is 62.2 Å². The second-order valence-corrected chi connectivity index (χ2v) is 10.2. The minimum Gasteiger partial charge on any atom is -0.339 e. The average Bonchev–Trinajstić information content (AvgIpc) is 2.83. The van der Waals surface area contributed by atoms with Crippen molar-refractivity contribution in [3.63, 3.8) is 0 Å². The van der Waals surface area contributed by atoms with Crippen LogP contribution in [0.2, 0.25) is 5.02 Å². The maximum Gasteiger partial charge on any atom is 0.228 e. The Labute approximate surface area is 155 Å².